The fourth-order valence-corrected chi connectivity index (χ4v) is 3.80. The number of nitriles is 1. The first-order valence-electron chi connectivity index (χ1n) is 10.4. The quantitative estimate of drug-likeness (QED) is 0.494. The number of para-hydroxylation sites is 1. The number of carbonyl (C=O) groups is 2. The molecule has 1 aliphatic rings. The van der Waals surface area contributed by atoms with E-state index >= 15 is 0 Å². The predicted molar refractivity (Wildman–Crippen MR) is 115 cm³/mol. The second kappa shape index (κ2) is 11.0. The van der Waals surface area contributed by atoms with Crippen molar-refractivity contribution in [2.24, 2.45) is 11.8 Å². The highest BCUT2D eigenvalue weighted by molar-refractivity contribution is 6.06. The van der Waals surface area contributed by atoms with E-state index in [1.165, 1.54) is 6.42 Å². The smallest absolute Gasteiger partial charge is 0.236 e. The van der Waals surface area contributed by atoms with Gasteiger partial charge in [-0.3, -0.25) is 9.59 Å². The molecule has 0 spiro atoms. The molecule has 1 saturated carbocycles. The van der Waals surface area contributed by atoms with Crippen molar-refractivity contribution in [3.63, 3.8) is 0 Å². The molecular weight excluding hydrogens is 378 g/mol. The molecule has 2 aromatic carbocycles. The fraction of sp³-hybridized carbons (Fsp3) is 0.375. The number of anilines is 1. The molecule has 1 fully saturated rings. The van der Waals surface area contributed by atoms with E-state index in [0.29, 0.717) is 23.8 Å². The molecule has 2 N–H and O–H groups in total. The number of ether oxygens (including phenoxy) is 1. The largest absolute Gasteiger partial charge is 0.457 e. The van der Waals surface area contributed by atoms with E-state index in [-0.39, 0.29) is 18.4 Å². The SMILES string of the molecule is N#CCNC(=O)C(CC1CCCCC1)C(=O)Nc1ccc(Oc2ccccc2)cc1. The maximum Gasteiger partial charge on any atom is 0.236 e. The molecular formula is C24H27N3O3. The number of rotatable bonds is 8. The van der Waals surface area contributed by atoms with Gasteiger partial charge in [-0.2, -0.15) is 5.26 Å². The van der Waals surface area contributed by atoms with E-state index in [4.69, 9.17) is 10.00 Å². The van der Waals surface area contributed by atoms with Gasteiger partial charge in [-0.15, -0.1) is 0 Å². The van der Waals surface area contributed by atoms with Gasteiger partial charge < -0.3 is 15.4 Å². The fourth-order valence-electron chi connectivity index (χ4n) is 3.80. The zero-order valence-electron chi connectivity index (χ0n) is 17.0. The van der Waals surface area contributed by atoms with Gasteiger partial charge in [-0.25, -0.2) is 0 Å². The van der Waals surface area contributed by atoms with E-state index in [0.717, 1.165) is 31.4 Å². The molecule has 0 radical (unpaired) electrons. The molecule has 0 aromatic heterocycles. The molecule has 0 heterocycles. The number of carbonyl (C=O) groups excluding carboxylic acids is 2. The maximum atomic E-state index is 12.9. The summed E-state index contributed by atoms with van der Waals surface area (Å²) in [6.45, 7) is -0.0984. The van der Waals surface area contributed by atoms with Crippen LogP contribution in [-0.2, 0) is 9.59 Å². The number of amides is 2. The first-order chi connectivity index (χ1) is 14.7. The monoisotopic (exact) mass is 405 g/mol. The Balaban J connectivity index is 1.63. The lowest BCUT2D eigenvalue weighted by Crippen LogP contribution is -2.39. The minimum atomic E-state index is -0.804. The summed E-state index contributed by atoms with van der Waals surface area (Å²) in [6.07, 6.45) is 6.09. The molecule has 6 nitrogen and oxygen atoms in total. The van der Waals surface area contributed by atoms with E-state index < -0.39 is 5.92 Å². The Morgan fingerprint density at radius 2 is 1.63 bits per heavy atom. The lowest BCUT2D eigenvalue weighted by Gasteiger charge is -2.25. The molecule has 1 atom stereocenters. The van der Waals surface area contributed by atoms with Crippen LogP contribution in [0, 0.1) is 23.2 Å². The third kappa shape index (κ3) is 6.35. The molecule has 0 aliphatic heterocycles. The van der Waals surface area contributed by atoms with Gasteiger partial charge in [0.15, 0.2) is 0 Å². The van der Waals surface area contributed by atoms with Crippen LogP contribution in [-0.4, -0.2) is 18.4 Å². The normalized spacial score (nSPS) is 14.9. The van der Waals surface area contributed by atoms with Gasteiger partial charge in [0, 0.05) is 5.69 Å². The highest BCUT2D eigenvalue weighted by Crippen LogP contribution is 2.30. The molecule has 0 bridgehead atoms. The summed E-state index contributed by atoms with van der Waals surface area (Å²) >= 11 is 0. The Hall–Kier alpha value is -3.33. The van der Waals surface area contributed by atoms with Crippen LogP contribution < -0.4 is 15.4 Å². The summed E-state index contributed by atoms with van der Waals surface area (Å²) < 4.78 is 5.76. The maximum absolute atomic E-state index is 12.9. The highest BCUT2D eigenvalue weighted by Gasteiger charge is 2.30. The topological polar surface area (TPSA) is 91.2 Å². The van der Waals surface area contributed by atoms with Gasteiger partial charge in [0.05, 0.1) is 6.07 Å². The van der Waals surface area contributed by atoms with Gasteiger partial charge in [0.25, 0.3) is 0 Å². The number of nitrogens with one attached hydrogen (secondary N) is 2. The average Bonchev–Trinajstić information content (AvgIpc) is 2.78. The van der Waals surface area contributed by atoms with Crippen molar-refractivity contribution in [3.8, 4) is 17.6 Å². The molecule has 1 aliphatic carbocycles. The van der Waals surface area contributed by atoms with Gasteiger partial charge in [-0.05, 0) is 48.7 Å². The van der Waals surface area contributed by atoms with E-state index in [2.05, 4.69) is 10.6 Å². The molecule has 2 aromatic rings. The van der Waals surface area contributed by atoms with Crippen molar-refractivity contribution < 1.29 is 14.3 Å². The van der Waals surface area contributed by atoms with Crippen molar-refractivity contribution in [1.82, 2.24) is 5.32 Å². The van der Waals surface area contributed by atoms with Crippen LogP contribution in [0.5, 0.6) is 11.5 Å². The summed E-state index contributed by atoms with van der Waals surface area (Å²) in [6, 6.07) is 18.4. The summed E-state index contributed by atoms with van der Waals surface area (Å²) in [5, 5.41) is 14.1. The van der Waals surface area contributed by atoms with Crippen LogP contribution in [0.3, 0.4) is 0 Å². The van der Waals surface area contributed by atoms with Crippen LogP contribution in [0.2, 0.25) is 0 Å². The zero-order valence-corrected chi connectivity index (χ0v) is 17.0. The first-order valence-corrected chi connectivity index (χ1v) is 10.4. The number of benzene rings is 2. The minimum absolute atomic E-state index is 0.0984. The molecule has 3 rings (SSSR count). The Morgan fingerprint density at radius 3 is 2.30 bits per heavy atom. The molecule has 2 amide bonds. The van der Waals surface area contributed by atoms with Crippen molar-refractivity contribution >= 4 is 17.5 Å². The summed E-state index contributed by atoms with van der Waals surface area (Å²) in [5.74, 6) is 0.225. The van der Waals surface area contributed by atoms with E-state index in [9.17, 15) is 9.59 Å². The molecule has 30 heavy (non-hydrogen) atoms. The molecule has 6 heteroatoms. The third-order valence-electron chi connectivity index (χ3n) is 5.37. The van der Waals surface area contributed by atoms with Crippen LogP contribution >= 0.6 is 0 Å². The Morgan fingerprint density at radius 1 is 0.967 bits per heavy atom. The standard InChI is InChI=1S/C24H27N3O3/c25-15-16-26-23(28)22(17-18-7-3-1-4-8-18)24(29)27-19-11-13-21(14-12-19)30-20-9-5-2-6-10-20/h2,5-6,9-14,18,22H,1,3-4,7-8,16-17H2,(H,26,28)(H,27,29). The van der Waals surface area contributed by atoms with E-state index in [1.54, 1.807) is 24.3 Å². The van der Waals surface area contributed by atoms with Crippen molar-refractivity contribution in [2.45, 2.75) is 38.5 Å². The highest BCUT2D eigenvalue weighted by atomic mass is 16.5. The van der Waals surface area contributed by atoms with Crippen LogP contribution in [0.15, 0.2) is 54.6 Å². The van der Waals surface area contributed by atoms with Crippen molar-refractivity contribution in [3.05, 3.63) is 54.6 Å². The van der Waals surface area contributed by atoms with E-state index in [1.807, 2.05) is 36.4 Å². The Bertz CT molecular complexity index is 869. The number of hydrogen-bond donors (Lipinski definition) is 2. The summed E-state index contributed by atoms with van der Waals surface area (Å²) in [4.78, 5) is 25.4. The first kappa shape index (κ1) is 21.4. The average molecular weight is 405 g/mol. The molecule has 1 unspecified atom stereocenters. The summed E-state index contributed by atoms with van der Waals surface area (Å²) in [7, 11) is 0. The minimum Gasteiger partial charge on any atom is -0.457 e. The molecule has 156 valence electrons. The van der Waals surface area contributed by atoms with Crippen LogP contribution in [0.25, 0.3) is 0 Å². The number of nitrogens with zero attached hydrogens (tertiary/aromatic N) is 1. The Labute approximate surface area is 177 Å². The van der Waals surface area contributed by atoms with Crippen molar-refractivity contribution in [2.75, 3.05) is 11.9 Å². The third-order valence-corrected chi connectivity index (χ3v) is 5.37. The van der Waals surface area contributed by atoms with Gasteiger partial charge in [-0.1, -0.05) is 50.3 Å². The molecule has 0 saturated heterocycles. The second-order valence-corrected chi connectivity index (χ2v) is 7.60. The predicted octanol–water partition coefficient (Wildman–Crippen LogP) is 4.64. The van der Waals surface area contributed by atoms with Crippen LogP contribution in [0.4, 0.5) is 5.69 Å². The zero-order chi connectivity index (χ0) is 21.2. The lowest BCUT2D eigenvalue weighted by molar-refractivity contribution is -0.133. The van der Waals surface area contributed by atoms with Gasteiger partial charge in [0.2, 0.25) is 11.8 Å². The van der Waals surface area contributed by atoms with Gasteiger partial charge >= 0.3 is 0 Å². The lowest BCUT2D eigenvalue weighted by atomic mass is 9.82. The van der Waals surface area contributed by atoms with Gasteiger partial charge in [0.1, 0.15) is 24.0 Å². The number of hydrogen-bond acceptors (Lipinski definition) is 4. The van der Waals surface area contributed by atoms with Crippen molar-refractivity contribution in [1.29, 1.82) is 5.26 Å². The Kier molecular flexibility index (Phi) is 7.85. The second-order valence-electron chi connectivity index (χ2n) is 7.60. The summed E-state index contributed by atoms with van der Waals surface area (Å²) in [5.41, 5.74) is 0.599. The van der Waals surface area contributed by atoms with Crippen LogP contribution in [0.1, 0.15) is 38.5 Å².